The first kappa shape index (κ1) is 21.1. The van der Waals surface area contributed by atoms with Crippen LogP contribution in [0.5, 0.6) is 11.5 Å². The molecule has 10 nitrogen and oxygen atoms in total. The number of nitro benzene ring substituents is 1. The van der Waals surface area contributed by atoms with Crippen molar-refractivity contribution in [1.82, 2.24) is 10.2 Å². The summed E-state index contributed by atoms with van der Waals surface area (Å²) in [4.78, 5) is 22.8. The highest BCUT2D eigenvalue weighted by atomic mass is 32.2. The number of nitro groups is 1. The van der Waals surface area contributed by atoms with E-state index >= 15 is 0 Å². The SMILES string of the molecule is COc1cc(OC)cc(-c2nnc(SCC(=O)Nc3ccc(C)cc3[N+](=O)[O-])o2)c1. The number of aryl methyl sites for hydroxylation is 1. The van der Waals surface area contributed by atoms with E-state index in [-0.39, 0.29) is 28.2 Å². The summed E-state index contributed by atoms with van der Waals surface area (Å²) in [6.07, 6.45) is 0. The highest BCUT2D eigenvalue weighted by Crippen LogP contribution is 2.31. The lowest BCUT2D eigenvalue weighted by Gasteiger charge is -2.06. The van der Waals surface area contributed by atoms with E-state index < -0.39 is 10.8 Å². The Labute approximate surface area is 175 Å². The van der Waals surface area contributed by atoms with E-state index in [0.29, 0.717) is 17.1 Å². The van der Waals surface area contributed by atoms with E-state index in [4.69, 9.17) is 13.9 Å². The van der Waals surface area contributed by atoms with E-state index in [9.17, 15) is 14.9 Å². The zero-order valence-electron chi connectivity index (χ0n) is 16.4. The summed E-state index contributed by atoms with van der Waals surface area (Å²) in [5, 5.41) is 21.8. The van der Waals surface area contributed by atoms with Crippen molar-refractivity contribution in [3.8, 4) is 23.0 Å². The average Bonchev–Trinajstić information content (AvgIpc) is 3.22. The quantitative estimate of drug-likeness (QED) is 0.323. The minimum Gasteiger partial charge on any atom is -0.497 e. The monoisotopic (exact) mass is 430 g/mol. The van der Waals surface area contributed by atoms with Crippen LogP contribution in [0, 0.1) is 17.0 Å². The van der Waals surface area contributed by atoms with Crippen LogP contribution in [-0.4, -0.2) is 41.0 Å². The molecule has 0 aliphatic heterocycles. The number of hydrogen-bond acceptors (Lipinski definition) is 9. The summed E-state index contributed by atoms with van der Waals surface area (Å²) in [6.45, 7) is 1.74. The molecule has 11 heteroatoms. The first-order valence-electron chi connectivity index (χ1n) is 8.64. The number of aromatic nitrogens is 2. The second kappa shape index (κ2) is 9.27. The maximum Gasteiger partial charge on any atom is 0.293 e. The first-order valence-corrected chi connectivity index (χ1v) is 9.63. The highest BCUT2D eigenvalue weighted by molar-refractivity contribution is 7.99. The minimum atomic E-state index is -0.539. The molecule has 30 heavy (non-hydrogen) atoms. The van der Waals surface area contributed by atoms with Gasteiger partial charge in [0.15, 0.2) is 0 Å². The largest absolute Gasteiger partial charge is 0.497 e. The van der Waals surface area contributed by atoms with Crippen LogP contribution in [0.3, 0.4) is 0 Å². The van der Waals surface area contributed by atoms with E-state index in [2.05, 4.69) is 15.5 Å². The molecule has 1 N–H and O–H groups in total. The molecule has 156 valence electrons. The average molecular weight is 430 g/mol. The molecule has 0 fully saturated rings. The number of rotatable bonds is 8. The Morgan fingerprint density at radius 1 is 1.17 bits per heavy atom. The van der Waals surface area contributed by atoms with Crippen molar-refractivity contribution in [2.75, 3.05) is 25.3 Å². The van der Waals surface area contributed by atoms with Crippen LogP contribution in [0.2, 0.25) is 0 Å². The number of methoxy groups -OCH3 is 2. The minimum absolute atomic E-state index is 0.0614. The van der Waals surface area contributed by atoms with Crippen molar-refractivity contribution in [3.63, 3.8) is 0 Å². The number of carbonyl (C=O) groups is 1. The molecular formula is C19H18N4O6S. The molecule has 0 radical (unpaired) electrons. The second-order valence-electron chi connectivity index (χ2n) is 6.09. The van der Waals surface area contributed by atoms with Crippen molar-refractivity contribution in [2.24, 2.45) is 0 Å². The Hall–Kier alpha value is -3.60. The molecule has 0 atom stereocenters. The fourth-order valence-electron chi connectivity index (χ4n) is 2.53. The number of nitrogens with zero attached hydrogens (tertiary/aromatic N) is 3. The van der Waals surface area contributed by atoms with E-state index in [1.165, 1.54) is 26.4 Å². The summed E-state index contributed by atoms with van der Waals surface area (Å²) in [6, 6.07) is 9.72. The molecule has 1 amide bonds. The lowest BCUT2D eigenvalue weighted by atomic mass is 10.2. The molecule has 0 bridgehead atoms. The van der Waals surface area contributed by atoms with Gasteiger partial charge in [-0.05, 0) is 30.7 Å². The summed E-state index contributed by atoms with van der Waals surface area (Å²) in [5.74, 6) is 0.874. The van der Waals surface area contributed by atoms with Gasteiger partial charge in [-0.1, -0.05) is 17.8 Å². The van der Waals surface area contributed by atoms with Gasteiger partial charge in [0, 0.05) is 17.7 Å². The van der Waals surface area contributed by atoms with E-state index in [1.807, 2.05) is 0 Å². The van der Waals surface area contributed by atoms with Crippen LogP contribution in [0.15, 0.2) is 46.0 Å². The van der Waals surface area contributed by atoms with Gasteiger partial charge in [-0.3, -0.25) is 14.9 Å². The molecule has 3 aromatic rings. The van der Waals surface area contributed by atoms with Crippen LogP contribution >= 0.6 is 11.8 Å². The Morgan fingerprint density at radius 2 is 1.87 bits per heavy atom. The molecule has 2 aromatic carbocycles. The normalized spacial score (nSPS) is 10.5. The van der Waals surface area contributed by atoms with E-state index in [0.717, 1.165) is 17.3 Å². The number of thioether (sulfide) groups is 1. The molecule has 0 unspecified atom stereocenters. The van der Waals surface area contributed by atoms with Gasteiger partial charge in [-0.15, -0.1) is 10.2 Å². The van der Waals surface area contributed by atoms with Crippen LogP contribution in [0.25, 0.3) is 11.5 Å². The fourth-order valence-corrected chi connectivity index (χ4v) is 3.09. The number of nitrogens with one attached hydrogen (secondary N) is 1. The number of benzene rings is 2. The van der Waals surface area contributed by atoms with Crippen molar-refractivity contribution in [1.29, 1.82) is 0 Å². The predicted octanol–water partition coefficient (Wildman–Crippen LogP) is 3.70. The molecule has 3 rings (SSSR count). The van der Waals surface area contributed by atoms with Crippen molar-refractivity contribution in [3.05, 3.63) is 52.1 Å². The number of amides is 1. The van der Waals surface area contributed by atoms with Crippen molar-refractivity contribution in [2.45, 2.75) is 12.1 Å². The third-order valence-electron chi connectivity index (χ3n) is 3.96. The maximum atomic E-state index is 12.2. The molecule has 1 heterocycles. The fraction of sp³-hybridized carbons (Fsp3) is 0.211. The first-order chi connectivity index (χ1) is 14.4. The van der Waals surface area contributed by atoms with Gasteiger partial charge >= 0.3 is 0 Å². The summed E-state index contributed by atoms with van der Waals surface area (Å²) in [5.41, 5.74) is 1.29. The van der Waals surface area contributed by atoms with Gasteiger partial charge in [0.05, 0.1) is 24.9 Å². The number of carbonyl (C=O) groups excluding carboxylic acids is 1. The summed E-state index contributed by atoms with van der Waals surface area (Å²) >= 11 is 1.02. The molecule has 0 aliphatic rings. The Morgan fingerprint density at radius 3 is 2.50 bits per heavy atom. The smallest absolute Gasteiger partial charge is 0.293 e. The van der Waals surface area contributed by atoms with Gasteiger partial charge in [-0.2, -0.15) is 0 Å². The third-order valence-corrected chi connectivity index (χ3v) is 4.77. The van der Waals surface area contributed by atoms with Gasteiger partial charge < -0.3 is 19.2 Å². The molecule has 0 saturated heterocycles. The van der Waals surface area contributed by atoms with Crippen molar-refractivity contribution < 1.29 is 23.6 Å². The predicted molar refractivity (Wildman–Crippen MR) is 110 cm³/mol. The molecule has 1 aromatic heterocycles. The standard InChI is InChI=1S/C19H18N4O6S/c1-11-4-5-15(16(6-11)23(25)26)20-17(24)10-30-19-22-21-18(29-19)12-7-13(27-2)9-14(8-12)28-3/h4-9H,10H2,1-3H3,(H,20,24). The zero-order chi connectivity index (χ0) is 21.7. The number of ether oxygens (including phenoxy) is 2. The summed E-state index contributed by atoms with van der Waals surface area (Å²) < 4.78 is 16.0. The molecule has 0 aliphatic carbocycles. The lowest BCUT2D eigenvalue weighted by molar-refractivity contribution is -0.384. The molecule has 0 saturated carbocycles. The van der Waals surface area contributed by atoms with Gasteiger partial charge in [-0.25, -0.2) is 0 Å². The van der Waals surface area contributed by atoms with Crippen molar-refractivity contribution >= 4 is 29.0 Å². The Kier molecular flexibility index (Phi) is 6.52. The number of anilines is 1. The highest BCUT2D eigenvalue weighted by Gasteiger charge is 2.17. The number of hydrogen-bond donors (Lipinski definition) is 1. The Bertz CT molecular complexity index is 1060. The van der Waals surface area contributed by atoms with E-state index in [1.54, 1.807) is 31.2 Å². The van der Waals surface area contributed by atoms with Crippen LogP contribution in [0.4, 0.5) is 11.4 Å². The van der Waals surface area contributed by atoms with Crippen LogP contribution < -0.4 is 14.8 Å². The van der Waals surface area contributed by atoms with Crippen LogP contribution in [0.1, 0.15) is 5.56 Å². The second-order valence-corrected chi connectivity index (χ2v) is 7.02. The zero-order valence-corrected chi connectivity index (χ0v) is 17.2. The third kappa shape index (κ3) is 5.06. The summed E-state index contributed by atoms with van der Waals surface area (Å²) in [7, 11) is 3.06. The maximum absolute atomic E-state index is 12.2. The lowest BCUT2D eigenvalue weighted by Crippen LogP contribution is -2.15. The molecule has 0 spiro atoms. The topological polar surface area (TPSA) is 130 Å². The van der Waals surface area contributed by atoms with Crippen LogP contribution in [-0.2, 0) is 4.79 Å². The molecular weight excluding hydrogens is 412 g/mol. The Balaban J connectivity index is 1.66. The van der Waals surface area contributed by atoms with Gasteiger partial charge in [0.2, 0.25) is 11.8 Å². The van der Waals surface area contributed by atoms with Gasteiger partial charge in [0.25, 0.3) is 10.9 Å². The van der Waals surface area contributed by atoms with Gasteiger partial charge in [0.1, 0.15) is 17.2 Å².